The van der Waals surface area contributed by atoms with Gasteiger partial charge < -0.3 is 10.1 Å². The first-order valence-corrected chi connectivity index (χ1v) is 8.52. The topological polar surface area (TPSA) is 24.5 Å². The summed E-state index contributed by atoms with van der Waals surface area (Å²) in [6.45, 7) is 5.53. The quantitative estimate of drug-likeness (QED) is 0.900. The largest absolute Gasteiger partial charge is 0.381 e. The van der Waals surface area contributed by atoms with E-state index in [0.717, 1.165) is 62.3 Å². The van der Waals surface area contributed by atoms with Crippen LogP contribution in [0.15, 0.2) is 22.7 Å². The lowest BCUT2D eigenvalue weighted by Gasteiger charge is -2.41. The van der Waals surface area contributed by atoms with Crippen LogP contribution in [-0.2, 0) is 4.74 Å². The maximum atomic E-state index is 14.5. The molecule has 1 aromatic carbocycles. The van der Waals surface area contributed by atoms with E-state index in [1.807, 2.05) is 12.1 Å². The minimum atomic E-state index is -0.0978. The van der Waals surface area contributed by atoms with Gasteiger partial charge in [-0.1, -0.05) is 22.0 Å². The van der Waals surface area contributed by atoms with E-state index in [0.29, 0.717) is 5.92 Å². The fraction of sp³-hybridized carbons (Fsp3) is 0.625. The molecule has 3 nitrogen and oxygen atoms in total. The molecule has 2 aliphatic rings. The van der Waals surface area contributed by atoms with E-state index < -0.39 is 0 Å². The summed E-state index contributed by atoms with van der Waals surface area (Å²) in [4.78, 5) is 2.44. The predicted octanol–water partition coefficient (Wildman–Crippen LogP) is 2.96. The summed E-state index contributed by atoms with van der Waals surface area (Å²) in [6, 6.07) is 5.65. The molecule has 3 rings (SSSR count). The molecule has 0 amide bonds. The van der Waals surface area contributed by atoms with Gasteiger partial charge in [-0.15, -0.1) is 0 Å². The van der Waals surface area contributed by atoms with E-state index in [1.54, 1.807) is 6.07 Å². The Kier molecular flexibility index (Phi) is 5.27. The molecule has 116 valence electrons. The Morgan fingerprint density at radius 2 is 1.95 bits per heavy atom. The average molecular weight is 357 g/mol. The molecule has 0 bridgehead atoms. The van der Waals surface area contributed by atoms with E-state index in [4.69, 9.17) is 4.74 Å². The van der Waals surface area contributed by atoms with Crippen LogP contribution in [-0.4, -0.2) is 44.3 Å². The van der Waals surface area contributed by atoms with E-state index in [1.165, 1.54) is 0 Å². The lowest BCUT2D eigenvalue weighted by Crippen LogP contribution is -2.47. The third-order valence-electron chi connectivity index (χ3n) is 4.54. The number of piperazine rings is 1. The van der Waals surface area contributed by atoms with Gasteiger partial charge in [0.05, 0.1) is 0 Å². The first kappa shape index (κ1) is 15.4. The van der Waals surface area contributed by atoms with Crippen molar-refractivity contribution in [2.45, 2.75) is 18.9 Å². The van der Waals surface area contributed by atoms with Crippen molar-refractivity contribution in [1.29, 1.82) is 0 Å². The Morgan fingerprint density at radius 1 is 1.24 bits per heavy atom. The van der Waals surface area contributed by atoms with E-state index in [9.17, 15) is 4.39 Å². The highest BCUT2D eigenvalue weighted by molar-refractivity contribution is 9.10. The second-order valence-corrected chi connectivity index (χ2v) is 6.76. The number of halogens is 2. The van der Waals surface area contributed by atoms with E-state index in [-0.39, 0.29) is 11.9 Å². The number of nitrogens with one attached hydrogen (secondary N) is 1. The Morgan fingerprint density at radius 3 is 2.62 bits per heavy atom. The first-order chi connectivity index (χ1) is 10.3. The van der Waals surface area contributed by atoms with Gasteiger partial charge in [-0.2, -0.15) is 0 Å². The lowest BCUT2D eigenvalue weighted by molar-refractivity contribution is 0.0203. The monoisotopic (exact) mass is 356 g/mol. The van der Waals surface area contributed by atoms with Gasteiger partial charge in [0, 0.05) is 55.5 Å². The molecule has 5 heteroatoms. The minimum Gasteiger partial charge on any atom is -0.381 e. The van der Waals surface area contributed by atoms with Crippen molar-refractivity contribution in [2.75, 3.05) is 39.4 Å². The zero-order valence-corrected chi connectivity index (χ0v) is 13.7. The SMILES string of the molecule is Fc1cc(Br)ccc1[C@@H](C1CCOCC1)N1CCNCC1. The second-order valence-electron chi connectivity index (χ2n) is 5.85. The fourth-order valence-corrected chi connectivity index (χ4v) is 3.82. The molecule has 1 N–H and O–H groups in total. The van der Waals surface area contributed by atoms with Crippen molar-refractivity contribution in [3.8, 4) is 0 Å². The van der Waals surface area contributed by atoms with Crippen LogP contribution in [0.1, 0.15) is 24.4 Å². The minimum absolute atomic E-state index is 0.0978. The van der Waals surface area contributed by atoms with Gasteiger partial charge in [-0.05, 0) is 30.9 Å². The summed E-state index contributed by atoms with van der Waals surface area (Å²) in [5.74, 6) is 0.381. The van der Waals surface area contributed by atoms with Crippen molar-refractivity contribution >= 4 is 15.9 Å². The van der Waals surface area contributed by atoms with Gasteiger partial charge in [0.1, 0.15) is 5.82 Å². The number of ether oxygens (including phenoxy) is 1. The summed E-state index contributed by atoms with van der Waals surface area (Å²) in [7, 11) is 0. The normalized spacial score (nSPS) is 23.1. The van der Waals surface area contributed by atoms with Crippen LogP contribution < -0.4 is 5.32 Å². The van der Waals surface area contributed by atoms with Crippen LogP contribution in [0.4, 0.5) is 4.39 Å². The van der Waals surface area contributed by atoms with Crippen molar-refractivity contribution in [2.24, 2.45) is 5.92 Å². The predicted molar refractivity (Wildman–Crippen MR) is 84.8 cm³/mol. The molecule has 0 unspecified atom stereocenters. The summed E-state index contributed by atoms with van der Waals surface area (Å²) >= 11 is 3.35. The molecule has 2 aliphatic heterocycles. The molecule has 21 heavy (non-hydrogen) atoms. The third kappa shape index (κ3) is 3.65. The fourth-order valence-electron chi connectivity index (χ4n) is 3.48. The number of rotatable bonds is 3. The van der Waals surface area contributed by atoms with Gasteiger partial charge in [0.25, 0.3) is 0 Å². The van der Waals surface area contributed by atoms with Gasteiger partial charge in [-0.25, -0.2) is 4.39 Å². The first-order valence-electron chi connectivity index (χ1n) is 7.73. The average Bonchev–Trinajstić information content (AvgIpc) is 2.52. The summed E-state index contributed by atoms with van der Waals surface area (Å²) < 4.78 is 20.8. The van der Waals surface area contributed by atoms with Crippen molar-refractivity contribution in [3.63, 3.8) is 0 Å². The zero-order chi connectivity index (χ0) is 14.7. The van der Waals surface area contributed by atoms with Gasteiger partial charge in [0.2, 0.25) is 0 Å². The third-order valence-corrected chi connectivity index (χ3v) is 5.03. The van der Waals surface area contributed by atoms with E-state index in [2.05, 4.69) is 26.1 Å². The highest BCUT2D eigenvalue weighted by Crippen LogP contribution is 2.37. The van der Waals surface area contributed by atoms with Crippen molar-refractivity contribution < 1.29 is 9.13 Å². The number of benzene rings is 1. The molecular weight excluding hydrogens is 335 g/mol. The molecule has 1 aromatic rings. The highest BCUT2D eigenvalue weighted by atomic mass is 79.9. The van der Waals surface area contributed by atoms with Crippen LogP contribution in [0.25, 0.3) is 0 Å². The molecule has 2 heterocycles. The standard InChI is InChI=1S/C16H22BrFN2O/c17-13-1-2-14(15(18)11-13)16(12-3-9-21-10-4-12)20-7-5-19-6-8-20/h1-2,11-12,16,19H,3-10H2/t16-/m1/s1. The molecule has 0 saturated carbocycles. The van der Waals surface area contributed by atoms with Crippen LogP contribution in [0.5, 0.6) is 0 Å². The second kappa shape index (κ2) is 7.18. The summed E-state index contributed by atoms with van der Waals surface area (Å²) in [5, 5.41) is 3.38. The molecule has 2 fully saturated rings. The van der Waals surface area contributed by atoms with Gasteiger partial charge in [0.15, 0.2) is 0 Å². The number of hydrogen-bond donors (Lipinski definition) is 1. The number of hydrogen-bond acceptors (Lipinski definition) is 3. The van der Waals surface area contributed by atoms with Gasteiger partial charge >= 0.3 is 0 Å². The summed E-state index contributed by atoms with van der Waals surface area (Å²) in [5.41, 5.74) is 0.840. The molecule has 0 aliphatic carbocycles. The van der Waals surface area contributed by atoms with Crippen LogP contribution >= 0.6 is 15.9 Å². The van der Waals surface area contributed by atoms with Crippen LogP contribution in [0, 0.1) is 11.7 Å². The van der Waals surface area contributed by atoms with Crippen LogP contribution in [0.2, 0.25) is 0 Å². The Bertz CT molecular complexity index is 455. The lowest BCUT2D eigenvalue weighted by atomic mass is 9.85. The molecule has 2 saturated heterocycles. The Hall–Kier alpha value is -0.490. The van der Waals surface area contributed by atoms with Gasteiger partial charge in [-0.3, -0.25) is 4.90 Å². The molecular formula is C16H22BrFN2O. The van der Waals surface area contributed by atoms with Crippen molar-refractivity contribution in [1.82, 2.24) is 10.2 Å². The molecule has 1 atom stereocenters. The van der Waals surface area contributed by atoms with Crippen LogP contribution in [0.3, 0.4) is 0 Å². The van der Waals surface area contributed by atoms with E-state index >= 15 is 0 Å². The van der Waals surface area contributed by atoms with Crippen molar-refractivity contribution in [3.05, 3.63) is 34.1 Å². The smallest absolute Gasteiger partial charge is 0.129 e. The molecule has 0 aromatic heterocycles. The number of nitrogens with zero attached hydrogens (tertiary/aromatic N) is 1. The Balaban J connectivity index is 1.89. The maximum Gasteiger partial charge on any atom is 0.129 e. The molecule has 0 radical (unpaired) electrons. The Labute approximate surface area is 134 Å². The molecule has 0 spiro atoms. The highest BCUT2D eigenvalue weighted by Gasteiger charge is 2.32. The summed E-state index contributed by atoms with van der Waals surface area (Å²) in [6.07, 6.45) is 2.04. The zero-order valence-electron chi connectivity index (χ0n) is 12.2. The maximum absolute atomic E-state index is 14.5.